The van der Waals surface area contributed by atoms with Gasteiger partial charge in [-0.3, -0.25) is 4.72 Å². The molecule has 0 fully saturated rings. The summed E-state index contributed by atoms with van der Waals surface area (Å²) in [7, 11) is -2.19. The first-order chi connectivity index (χ1) is 9.83. The molecular weight excluding hydrogens is 356 g/mol. The number of aryl methyl sites for hydroxylation is 1. The van der Waals surface area contributed by atoms with Crippen molar-refractivity contribution in [1.29, 1.82) is 0 Å². The Morgan fingerprint density at radius 3 is 2.62 bits per heavy atom. The number of nitrogens with two attached hydrogens (primary N) is 1. The zero-order valence-corrected chi connectivity index (χ0v) is 14.0. The molecule has 0 aliphatic rings. The van der Waals surface area contributed by atoms with Crippen LogP contribution in [-0.2, 0) is 10.0 Å². The summed E-state index contributed by atoms with van der Waals surface area (Å²) in [6, 6.07) is 9.81. The van der Waals surface area contributed by atoms with Crippen molar-refractivity contribution in [3.05, 3.63) is 46.4 Å². The van der Waals surface area contributed by atoms with E-state index in [1.54, 1.807) is 37.3 Å². The normalized spacial score (nSPS) is 11.2. The molecule has 0 aliphatic carbocycles. The van der Waals surface area contributed by atoms with E-state index in [4.69, 9.17) is 10.5 Å². The molecule has 0 atom stereocenters. The minimum atomic E-state index is -3.71. The molecule has 0 aliphatic heterocycles. The fraction of sp³-hybridized carbons (Fsp3) is 0.143. The van der Waals surface area contributed by atoms with E-state index < -0.39 is 10.0 Å². The van der Waals surface area contributed by atoms with E-state index in [1.165, 1.54) is 13.2 Å². The molecule has 7 heteroatoms. The zero-order valence-electron chi connectivity index (χ0n) is 11.6. The van der Waals surface area contributed by atoms with Gasteiger partial charge in [0.25, 0.3) is 10.0 Å². The molecule has 0 saturated heterocycles. The van der Waals surface area contributed by atoms with Crippen LogP contribution in [0.5, 0.6) is 5.75 Å². The van der Waals surface area contributed by atoms with Gasteiger partial charge in [-0.2, -0.15) is 0 Å². The average Bonchev–Trinajstić information content (AvgIpc) is 2.42. The third-order valence-corrected chi connectivity index (χ3v) is 5.12. The van der Waals surface area contributed by atoms with E-state index in [-0.39, 0.29) is 4.90 Å². The van der Waals surface area contributed by atoms with Crippen LogP contribution in [-0.4, -0.2) is 15.5 Å². The summed E-state index contributed by atoms with van der Waals surface area (Å²) in [5.41, 5.74) is 7.16. The third-order valence-electron chi connectivity index (χ3n) is 2.91. The lowest BCUT2D eigenvalue weighted by atomic mass is 10.2. The monoisotopic (exact) mass is 370 g/mol. The number of hydrogen-bond acceptors (Lipinski definition) is 4. The molecule has 21 heavy (non-hydrogen) atoms. The second-order valence-corrected chi connectivity index (χ2v) is 6.98. The molecule has 0 unspecified atom stereocenters. The molecule has 0 amide bonds. The van der Waals surface area contributed by atoms with E-state index in [9.17, 15) is 8.42 Å². The molecule has 0 heterocycles. The molecule has 2 aromatic rings. The van der Waals surface area contributed by atoms with Crippen LogP contribution in [0.2, 0.25) is 0 Å². The van der Waals surface area contributed by atoms with Crippen LogP contribution >= 0.6 is 15.9 Å². The van der Waals surface area contributed by atoms with E-state index in [1.807, 2.05) is 0 Å². The minimum Gasteiger partial charge on any atom is -0.497 e. The number of anilines is 2. The van der Waals surface area contributed by atoms with Gasteiger partial charge in [-0.1, -0.05) is 6.07 Å². The molecule has 2 aromatic carbocycles. The molecular formula is C14H15BrN2O3S. The standard InChI is InChI=1S/C14H15BrN2O3S/c1-9-6-12(15)13(16)8-14(9)21(18,19)17-10-4-3-5-11(7-10)20-2/h3-8,17H,16H2,1-2H3. The third kappa shape index (κ3) is 3.48. The SMILES string of the molecule is COc1cccc(NS(=O)(=O)c2cc(N)c(Br)cc2C)c1. The number of sulfonamides is 1. The molecule has 0 saturated carbocycles. The summed E-state index contributed by atoms with van der Waals surface area (Å²) in [5.74, 6) is 0.572. The maximum Gasteiger partial charge on any atom is 0.262 e. The van der Waals surface area contributed by atoms with Gasteiger partial charge in [-0.05, 0) is 52.7 Å². The molecule has 5 nitrogen and oxygen atoms in total. The van der Waals surface area contributed by atoms with Crippen LogP contribution in [0, 0.1) is 6.92 Å². The van der Waals surface area contributed by atoms with Crippen molar-refractivity contribution < 1.29 is 13.2 Å². The summed E-state index contributed by atoms with van der Waals surface area (Å²) < 4.78 is 33.2. The zero-order chi connectivity index (χ0) is 15.6. The topological polar surface area (TPSA) is 81.4 Å². The van der Waals surface area contributed by atoms with Crippen molar-refractivity contribution in [3.8, 4) is 5.75 Å². The van der Waals surface area contributed by atoms with Crippen molar-refractivity contribution >= 4 is 37.3 Å². The first kappa shape index (κ1) is 15.7. The quantitative estimate of drug-likeness (QED) is 0.809. The molecule has 0 radical (unpaired) electrons. The van der Waals surface area contributed by atoms with Gasteiger partial charge in [0.1, 0.15) is 5.75 Å². The Labute approximate surface area is 132 Å². The van der Waals surface area contributed by atoms with Crippen molar-refractivity contribution in [3.63, 3.8) is 0 Å². The van der Waals surface area contributed by atoms with Crippen molar-refractivity contribution in [2.24, 2.45) is 0 Å². The van der Waals surface area contributed by atoms with Gasteiger partial charge in [0.05, 0.1) is 17.7 Å². The van der Waals surface area contributed by atoms with Crippen LogP contribution in [0.1, 0.15) is 5.56 Å². The minimum absolute atomic E-state index is 0.144. The Balaban J connectivity index is 2.40. The van der Waals surface area contributed by atoms with Gasteiger partial charge in [0, 0.05) is 16.2 Å². The van der Waals surface area contributed by atoms with Gasteiger partial charge in [-0.25, -0.2) is 8.42 Å². The Morgan fingerprint density at radius 1 is 1.24 bits per heavy atom. The van der Waals surface area contributed by atoms with Gasteiger partial charge in [0.2, 0.25) is 0 Å². The summed E-state index contributed by atoms with van der Waals surface area (Å²) in [4.78, 5) is 0.144. The van der Waals surface area contributed by atoms with Crippen LogP contribution in [0.15, 0.2) is 45.8 Å². The number of ether oxygens (including phenoxy) is 1. The summed E-state index contributed by atoms with van der Waals surface area (Å²) in [6.07, 6.45) is 0. The van der Waals surface area contributed by atoms with Crippen LogP contribution in [0.4, 0.5) is 11.4 Å². The largest absolute Gasteiger partial charge is 0.497 e. The van der Waals surface area contributed by atoms with E-state index in [0.29, 0.717) is 27.2 Å². The molecule has 0 bridgehead atoms. The highest BCUT2D eigenvalue weighted by Crippen LogP contribution is 2.28. The first-order valence-electron chi connectivity index (χ1n) is 6.06. The second kappa shape index (κ2) is 5.95. The maximum absolute atomic E-state index is 12.5. The van der Waals surface area contributed by atoms with Crippen LogP contribution < -0.4 is 15.2 Å². The van der Waals surface area contributed by atoms with Crippen LogP contribution in [0.3, 0.4) is 0 Å². The molecule has 2 rings (SSSR count). The summed E-state index contributed by atoms with van der Waals surface area (Å²) in [5, 5.41) is 0. The average molecular weight is 371 g/mol. The predicted octanol–water partition coefficient (Wildman–Crippen LogP) is 3.15. The number of rotatable bonds is 4. The molecule has 112 valence electrons. The number of nitrogen functional groups attached to an aromatic ring is 1. The highest BCUT2D eigenvalue weighted by Gasteiger charge is 2.18. The lowest BCUT2D eigenvalue weighted by Crippen LogP contribution is -2.14. The lowest BCUT2D eigenvalue weighted by Gasteiger charge is -2.12. The van der Waals surface area contributed by atoms with Crippen LogP contribution in [0.25, 0.3) is 0 Å². The summed E-state index contributed by atoms with van der Waals surface area (Å²) in [6.45, 7) is 1.71. The number of methoxy groups -OCH3 is 1. The van der Waals surface area contributed by atoms with Gasteiger partial charge >= 0.3 is 0 Å². The smallest absolute Gasteiger partial charge is 0.262 e. The van der Waals surface area contributed by atoms with Gasteiger partial charge in [-0.15, -0.1) is 0 Å². The number of halogens is 1. The molecule has 3 N–H and O–H groups in total. The Morgan fingerprint density at radius 2 is 1.95 bits per heavy atom. The fourth-order valence-electron chi connectivity index (χ4n) is 1.85. The number of nitrogens with one attached hydrogen (secondary N) is 1. The Kier molecular flexibility index (Phi) is 4.43. The maximum atomic E-state index is 12.5. The van der Waals surface area contributed by atoms with E-state index >= 15 is 0 Å². The lowest BCUT2D eigenvalue weighted by molar-refractivity contribution is 0.415. The van der Waals surface area contributed by atoms with E-state index in [2.05, 4.69) is 20.7 Å². The fourth-order valence-corrected chi connectivity index (χ4v) is 3.62. The highest BCUT2D eigenvalue weighted by molar-refractivity contribution is 9.10. The van der Waals surface area contributed by atoms with E-state index in [0.717, 1.165) is 0 Å². The highest BCUT2D eigenvalue weighted by atomic mass is 79.9. The first-order valence-corrected chi connectivity index (χ1v) is 8.33. The predicted molar refractivity (Wildman–Crippen MR) is 87.1 cm³/mol. The summed E-state index contributed by atoms with van der Waals surface area (Å²) >= 11 is 3.28. The van der Waals surface area contributed by atoms with Crippen molar-refractivity contribution in [2.45, 2.75) is 11.8 Å². The van der Waals surface area contributed by atoms with Gasteiger partial charge < -0.3 is 10.5 Å². The number of hydrogen-bond donors (Lipinski definition) is 2. The Bertz CT molecular complexity index is 776. The van der Waals surface area contributed by atoms with Crippen molar-refractivity contribution in [1.82, 2.24) is 0 Å². The molecule has 0 aromatic heterocycles. The second-order valence-electron chi connectivity index (χ2n) is 4.48. The number of benzene rings is 2. The Hall–Kier alpha value is -1.73. The molecule has 0 spiro atoms. The van der Waals surface area contributed by atoms with Crippen molar-refractivity contribution in [2.75, 3.05) is 17.6 Å². The van der Waals surface area contributed by atoms with Gasteiger partial charge in [0.15, 0.2) is 0 Å².